The minimum absolute atomic E-state index is 0.0744. The predicted molar refractivity (Wildman–Crippen MR) is 125 cm³/mol. The normalized spacial score (nSPS) is 13.1. The maximum Gasteiger partial charge on any atom is 0.292 e. The van der Waals surface area contributed by atoms with E-state index in [0.717, 1.165) is 41.7 Å². The van der Waals surface area contributed by atoms with Gasteiger partial charge in [0.05, 0.1) is 10.9 Å². The standard InChI is InChI=1S/C24H26N2O5S/c1-14-7-5-9-15-17(27)13-18(31-21(14)15)22(28)26-24-20(23(29)25-11-6-12-30-2)16-8-3-4-10-19(16)32-24/h5,7,9,13H,3-4,6,8,10-12H2,1-2H3,(H,25,29)(H,26,28). The molecule has 7 nitrogen and oxygen atoms in total. The van der Waals surface area contributed by atoms with Crippen LogP contribution in [0.2, 0.25) is 0 Å². The summed E-state index contributed by atoms with van der Waals surface area (Å²) in [4.78, 5) is 39.6. The first-order valence-corrected chi connectivity index (χ1v) is 11.6. The smallest absolute Gasteiger partial charge is 0.292 e. The number of methoxy groups -OCH3 is 1. The number of carbonyl (C=O) groups is 2. The van der Waals surface area contributed by atoms with Crippen molar-refractivity contribution >= 4 is 39.1 Å². The van der Waals surface area contributed by atoms with E-state index < -0.39 is 5.91 Å². The number of hydrogen-bond acceptors (Lipinski definition) is 6. The SMILES string of the molecule is COCCCNC(=O)c1c(NC(=O)c2cc(=O)c3cccc(C)c3o2)sc2c1CCCC2. The molecule has 1 aliphatic rings. The van der Waals surface area contributed by atoms with Crippen LogP contribution in [0.25, 0.3) is 11.0 Å². The Morgan fingerprint density at radius 1 is 1.19 bits per heavy atom. The Bertz CT molecular complexity index is 1230. The van der Waals surface area contributed by atoms with Crippen LogP contribution < -0.4 is 16.1 Å². The lowest BCUT2D eigenvalue weighted by atomic mass is 9.95. The van der Waals surface area contributed by atoms with Crippen LogP contribution in [0, 0.1) is 6.92 Å². The average molecular weight is 455 g/mol. The van der Waals surface area contributed by atoms with Crippen LogP contribution in [0.5, 0.6) is 0 Å². The van der Waals surface area contributed by atoms with Crippen molar-refractivity contribution in [1.29, 1.82) is 0 Å². The number of rotatable bonds is 7. The Hall–Kier alpha value is -2.97. The molecule has 0 bridgehead atoms. The zero-order valence-electron chi connectivity index (χ0n) is 18.2. The Balaban J connectivity index is 1.64. The molecular formula is C24H26N2O5S. The van der Waals surface area contributed by atoms with Gasteiger partial charge < -0.3 is 19.8 Å². The van der Waals surface area contributed by atoms with Crippen LogP contribution in [0.4, 0.5) is 5.00 Å². The van der Waals surface area contributed by atoms with Gasteiger partial charge in [0.25, 0.3) is 11.8 Å². The molecule has 8 heteroatoms. The van der Waals surface area contributed by atoms with Gasteiger partial charge in [-0.2, -0.15) is 0 Å². The molecule has 0 aliphatic heterocycles. The molecule has 2 heterocycles. The Morgan fingerprint density at radius 2 is 2.00 bits per heavy atom. The largest absolute Gasteiger partial charge is 0.450 e. The topological polar surface area (TPSA) is 97.6 Å². The molecule has 0 fully saturated rings. The Kier molecular flexibility index (Phi) is 6.72. The lowest BCUT2D eigenvalue weighted by molar-refractivity contribution is 0.0948. The summed E-state index contributed by atoms with van der Waals surface area (Å²) in [5, 5.41) is 6.70. The van der Waals surface area contributed by atoms with Gasteiger partial charge in [-0.3, -0.25) is 14.4 Å². The molecule has 1 aromatic carbocycles. The van der Waals surface area contributed by atoms with Gasteiger partial charge in [0.1, 0.15) is 10.6 Å². The van der Waals surface area contributed by atoms with E-state index in [4.69, 9.17) is 9.15 Å². The number of ether oxygens (including phenoxy) is 1. The van der Waals surface area contributed by atoms with E-state index in [1.807, 2.05) is 13.0 Å². The van der Waals surface area contributed by atoms with Gasteiger partial charge in [-0.1, -0.05) is 12.1 Å². The molecule has 0 spiro atoms. The second kappa shape index (κ2) is 9.67. The van der Waals surface area contributed by atoms with Crippen molar-refractivity contribution in [3.63, 3.8) is 0 Å². The lowest BCUT2D eigenvalue weighted by Gasteiger charge is -2.13. The molecule has 2 N–H and O–H groups in total. The van der Waals surface area contributed by atoms with Crippen molar-refractivity contribution < 1.29 is 18.7 Å². The van der Waals surface area contributed by atoms with Crippen molar-refractivity contribution in [3.8, 4) is 0 Å². The molecule has 0 saturated heterocycles. The first-order valence-electron chi connectivity index (χ1n) is 10.8. The van der Waals surface area contributed by atoms with Gasteiger partial charge in [-0.05, 0) is 56.2 Å². The van der Waals surface area contributed by atoms with Crippen molar-refractivity contribution in [2.75, 3.05) is 25.6 Å². The number of anilines is 1. The highest BCUT2D eigenvalue weighted by atomic mass is 32.1. The molecule has 1 aliphatic carbocycles. The Morgan fingerprint density at radius 3 is 2.81 bits per heavy atom. The third kappa shape index (κ3) is 4.47. The number of para-hydroxylation sites is 1. The predicted octanol–water partition coefficient (Wildman–Crippen LogP) is 4.06. The molecule has 0 radical (unpaired) electrons. The van der Waals surface area contributed by atoms with Crippen molar-refractivity contribution in [1.82, 2.24) is 5.32 Å². The van der Waals surface area contributed by atoms with Crippen LogP contribution in [-0.4, -0.2) is 32.1 Å². The van der Waals surface area contributed by atoms with Crippen LogP contribution >= 0.6 is 11.3 Å². The number of hydrogen-bond donors (Lipinski definition) is 2. The first-order chi connectivity index (χ1) is 15.5. The minimum Gasteiger partial charge on any atom is -0.450 e. The summed E-state index contributed by atoms with van der Waals surface area (Å²) < 4.78 is 10.8. The van der Waals surface area contributed by atoms with E-state index in [-0.39, 0.29) is 17.1 Å². The maximum absolute atomic E-state index is 13.0. The van der Waals surface area contributed by atoms with E-state index >= 15 is 0 Å². The third-order valence-corrected chi connectivity index (χ3v) is 6.82. The van der Waals surface area contributed by atoms with E-state index in [2.05, 4.69) is 10.6 Å². The van der Waals surface area contributed by atoms with Gasteiger partial charge in [-0.25, -0.2) is 0 Å². The third-order valence-electron chi connectivity index (χ3n) is 5.61. The van der Waals surface area contributed by atoms with Gasteiger partial charge >= 0.3 is 0 Å². The lowest BCUT2D eigenvalue weighted by Crippen LogP contribution is -2.27. The number of thiophene rings is 1. The van der Waals surface area contributed by atoms with Crippen molar-refractivity contribution in [3.05, 3.63) is 61.8 Å². The fraction of sp³-hybridized carbons (Fsp3) is 0.375. The molecule has 4 rings (SSSR count). The summed E-state index contributed by atoms with van der Waals surface area (Å²) in [6.45, 7) is 2.88. The van der Waals surface area contributed by atoms with Crippen molar-refractivity contribution in [2.24, 2.45) is 0 Å². The molecule has 3 aromatic rings. The Labute approximate surface area is 189 Å². The average Bonchev–Trinajstić information content (AvgIpc) is 3.15. The summed E-state index contributed by atoms with van der Waals surface area (Å²) in [6, 6.07) is 6.48. The number of carbonyl (C=O) groups excluding carboxylic acids is 2. The van der Waals surface area contributed by atoms with E-state index in [9.17, 15) is 14.4 Å². The molecule has 2 aromatic heterocycles. The zero-order chi connectivity index (χ0) is 22.7. The minimum atomic E-state index is -0.542. The second-order valence-corrected chi connectivity index (χ2v) is 9.00. The second-order valence-electron chi connectivity index (χ2n) is 7.90. The summed E-state index contributed by atoms with van der Waals surface area (Å²) in [6.07, 6.45) is 4.49. The highest BCUT2D eigenvalue weighted by Crippen LogP contribution is 2.38. The molecule has 2 amide bonds. The van der Waals surface area contributed by atoms with Crippen molar-refractivity contribution in [2.45, 2.75) is 39.0 Å². The van der Waals surface area contributed by atoms with Crippen LogP contribution in [0.15, 0.2) is 33.5 Å². The van der Waals surface area contributed by atoms with Gasteiger partial charge in [0.15, 0.2) is 11.2 Å². The van der Waals surface area contributed by atoms with Gasteiger partial charge in [-0.15, -0.1) is 11.3 Å². The molecular weight excluding hydrogens is 428 g/mol. The molecule has 0 saturated carbocycles. The number of aryl methyl sites for hydroxylation is 2. The number of benzene rings is 1. The molecule has 168 valence electrons. The molecule has 0 unspecified atom stereocenters. The zero-order valence-corrected chi connectivity index (χ0v) is 19.0. The van der Waals surface area contributed by atoms with Crippen LogP contribution in [0.3, 0.4) is 0 Å². The summed E-state index contributed by atoms with van der Waals surface area (Å²) >= 11 is 1.43. The number of amides is 2. The van der Waals surface area contributed by atoms with Gasteiger partial charge in [0.2, 0.25) is 0 Å². The molecule has 32 heavy (non-hydrogen) atoms. The highest BCUT2D eigenvalue weighted by Gasteiger charge is 2.27. The van der Waals surface area contributed by atoms with E-state index in [1.165, 1.54) is 17.4 Å². The highest BCUT2D eigenvalue weighted by molar-refractivity contribution is 7.17. The maximum atomic E-state index is 13.0. The summed E-state index contributed by atoms with van der Waals surface area (Å²) in [5.41, 5.74) is 2.43. The van der Waals surface area contributed by atoms with Crippen LogP contribution in [-0.2, 0) is 17.6 Å². The first kappa shape index (κ1) is 22.2. The summed E-state index contributed by atoms with van der Waals surface area (Å²) in [5.74, 6) is -0.819. The van der Waals surface area contributed by atoms with E-state index in [1.54, 1.807) is 19.2 Å². The fourth-order valence-corrected chi connectivity index (χ4v) is 5.28. The monoisotopic (exact) mass is 454 g/mol. The van der Waals surface area contributed by atoms with Crippen LogP contribution in [0.1, 0.15) is 56.2 Å². The summed E-state index contributed by atoms with van der Waals surface area (Å²) in [7, 11) is 1.62. The molecule has 0 atom stereocenters. The fourth-order valence-electron chi connectivity index (χ4n) is 4.00. The number of nitrogens with one attached hydrogen (secondary N) is 2. The number of fused-ring (bicyclic) bond motifs is 2. The van der Waals surface area contributed by atoms with Gasteiger partial charge in [0, 0.05) is 31.2 Å². The van der Waals surface area contributed by atoms with E-state index in [0.29, 0.717) is 41.1 Å². The quantitative estimate of drug-likeness (QED) is 0.525.